The smallest absolute Gasteiger partial charge is 0.282 e. The molecule has 0 bridgehead atoms. The zero-order valence-corrected chi connectivity index (χ0v) is 16.9. The van der Waals surface area contributed by atoms with Gasteiger partial charge >= 0.3 is 0 Å². The molecular formula is C18H16O3S4. The van der Waals surface area contributed by atoms with E-state index >= 15 is 0 Å². The van der Waals surface area contributed by atoms with Gasteiger partial charge in [-0.05, 0) is 48.2 Å². The molecule has 3 nitrogen and oxygen atoms in total. The Morgan fingerprint density at radius 2 is 1.68 bits per heavy atom. The molecule has 3 aromatic rings. The number of aryl methyl sites for hydroxylation is 2. The van der Waals surface area contributed by atoms with Gasteiger partial charge in [-0.25, -0.2) is 0 Å². The lowest BCUT2D eigenvalue weighted by atomic mass is 10.0. The Balaban J connectivity index is 1.97. The summed E-state index contributed by atoms with van der Waals surface area (Å²) in [5, 5.41) is 0. The molecule has 25 heavy (non-hydrogen) atoms. The summed E-state index contributed by atoms with van der Waals surface area (Å²) in [6.07, 6.45) is 0.632. The lowest BCUT2D eigenvalue weighted by Gasteiger charge is -2.07. The van der Waals surface area contributed by atoms with Crippen LogP contribution < -0.4 is 0 Å². The van der Waals surface area contributed by atoms with Crippen LogP contribution in [0.1, 0.15) is 22.3 Å². The van der Waals surface area contributed by atoms with Crippen LogP contribution in [0.3, 0.4) is 0 Å². The maximum atomic E-state index is 11.2. The van der Waals surface area contributed by atoms with Crippen LogP contribution in [0.2, 0.25) is 0 Å². The molecule has 130 valence electrons. The first-order valence-electron chi connectivity index (χ1n) is 7.52. The normalized spacial score (nSPS) is 11.6. The van der Waals surface area contributed by atoms with Gasteiger partial charge in [-0.3, -0.25) is 4.55 Å². The van der Waals surface area contributed by atoms with Crippen LogP contribution in [-0.4, -0.2) is 13.0 Å². The summed E-state index contributed by atoms with van der Waals surface area (Å²) in [5.74, 6) is 0. The first-order valence-corrected chi connectivity index (χ1v) is 11.5. The highest BCUT2D eigenvalue weighted by Gasteiger charge is 2.13. The van der Waals surface area contributed by atoms with E-state index in [0.29, 0.717) is 6.42 Å². The molecule has 0 unspecified atom stereocenters. The number of hydrogen-bond donors (Lipinski definition) is 1. The van der Waals surface area contributed by atoms with Crippen LogP contribution in [0, 0.1) is 17.7 Å². The summed E-state index contributed by atoms with van der Waals surface area (Å²) in [6.45, 7) is 4.19. The van der Waals surface area contributed by atoms with Crippen LogP contribution in [0.5, 0.6) is 0 Å². The third-order valence-electron chi connectivity index (χ3n) is 4.09. The van der Waals surface area contributed by atoms with Gasteiger partial charge in [0.2, 0.25) is 0 Å². The summed E-state index contributed by atoms with van der Waals surface area (Å²) >= 11 is 5.51. The first-order chi connectivity index (χ1) is 11.8. The van der Waals surface area contributed by atoms with Crippen molar-refractivity contribution in [3.05, 3.63) is 68.5 Å². The molecule has 0 radical (unpaired) electrons. The van der Waals surface area contributed by atoms with Crippen molar-refractivity contribution in [1.29, 1.82) is 0 Å². The van der Waals surface area contributed by atoms with E-state index in [1.165, 1.54) is 23.3 Å². The predicted molar refractivity (Wildman–Crippen MR) is 107 cm³/mol. The van der Waals surface area contributed by atoms with Crippen LogP contribution in [0.4, 0.5) is 0 Å². The standard InChI is InChI=1S/C18H16O3S4/c1-11-3-6-14(9-12(11)2)17-16(18(22)24-23-17)10-13-4-7-15(8-5-13)25(19,20)21/h3-9H,10H2,1-2H3,(H,19,20,21). The molecule has 0 spiro atoms. The van der Waals surface area contributed by atoms with Gasteiger partial charge in [-0.2, -0.15) is 8.42 Å². The molecule has 0 saturated heterocycles. The van der Waals surface area contributed by atoms with Gasteiger partial charge in [0.25, 0.3) is 10.1 Å². The molecule has 0 fully saturated rings. The quantitative estimate of drug-likeness (QED) is 0.344. The topological polar surface area (TPSA) is 54.4 Å². The van der Waals surface area contributed by atoms with Crippen LogP contribution in [0.15, 0.2) is 47.4 Å². The van der Waals surface area contributed by atoms with E-state index in [2.05, 4.69) is 32.0 Å². The molecule has 7 heteroatoms. The van der Waals surface area contributed by atoms with E-state index < -0.39 is 10.1 Å². The fourth-order valence-electron chi connectivity index (χ4n) is 2.51. The van der Waals surface area contributed by atoms with E-state index in [1.54, 1.807) is 32.8 Å². The average Bonchev–Trinajstić information content (AvgIpc) is 2.91. The molecule has 3 rings (SSSR count). The zero-order chi connectivity index (χ0) is 18.2. The Kier molecular flexibility index (Phi) is 5.22. The summed E-state index contributed by atoms with van der Waals surface area (Å²) in [7, 11) is -0.911. The minimum atomic E-state index is -4.17. The van der Waals surface area contributed by atoms with Gasteiger partial charge in [0.15, 0.2) is 0 Å². The molecule has 1 heterocycles. The predicted octanol–water partition coefficient (Wildman–Crippen LogP) is 5.66. The Morgan fingerprint density at radius 3 is 2.28 bits per heavy atom. The SMILES string of the molecule is Cc1ccc(-c2ssc(=S)c2Cc2ccc(S(=O)(=O)O)cc2)cc1C. The molecule has 0 aliphatic heterocycles. The fourth-order valence-corrected chi connectivity index (χ4v) is 5.90. The van der Waals surface area contributed by atoms with Crippen molar-refractivity contribution in [3.63, 3.8) is 0 Å². The number of benzene rings is 2. The highest BCUT2D eigenvalue weighted by Crippen LogP contribution is 2.36. The molecule has 0 aliphatic rings. The second-order valence-corrected chi connectivity index (χ2v) is 10.1. The van der Waals surface area contributed by atoms with Gasteiger partial charge in [0.1, 0.15) is 3.82 Å². The van der Waals surface area contributed by atoms with Crippen molar-refractivity contribution < 1.29 is 13.0 Å². The van der Waals surface area contributed by atoms with Gasteiger partial charge in [0.05, 0.1) is 9.77 Å². The summed E-state index contributed by atoms with van der Waals surface area (Å²) < 4.78 is 32.3. The van der Waals surface area contributed by atoms with Crippen molar-refractivity contribution >= 4 is 43.0 Å². The Hall–Kier alpha value is -1.38. The lowest BCUT2D eigenvalue weighted by Crippen LogP contribution is -1.98. The monoisotopic (exact) mass is 408 g/mol. The molecule has 0 aliphatic carbocycles. The van der Waals surface area contributed by atoms with Crippen molar-refractivity contribution in [3.8, 4) is 10.4 Å². The van der Waals surface area contributed by atoms with Gasteiger partial charge in [-0.1, -0.05) is 63.2 Å². The van der Waals surface area contributed by atoms with E-state index in [0.717, 1.165) is 25.4 Å². The summed E-state index contributed by atoms with van der Waals surface area (Å²) in [4.78, 5) is 1.06. The van der Waals surface area contributed by atoms with E-state index in [9.17, 15) is 8.42 Å². The largest absolute Gasteiger partial charge is 0.294 e. The van der Waals surface area contributed by atoms with Crippen molar-refractivity contribution in [2.75, 3.05) is 0 Å². The van der Waals surface area contributed by atoms with Gasteiger partial charge < -0.3 is 0 Å². The van der Waals surface area contributed by atoms with Crippen LogP contribution >= 0.6 is 32.9 Å². The Labute approximate surface area is 159 Å². The third-order valence-corrected chi connectivity index (χ3v) is 8.15. The first kappa shape index (κ1) is 18.4. The second-order valence-electron chi connectivity index (χ2n) is 5.86. The molecule has 2 aromatic carbocycles. The maximum Gasteiger partial charge on any atom is 0.294 e. The highest BCUT2D eigenvalue weighted by molar-refractivity contribution is 7.85. The average molecular weight is 409 g/mol. The van der Waals surface area contributed by atoms with Crippen molar-refractivity contribution in [2.45, 2.75) is 25.2 Å². The fraction of sp³-hybridized carbons (Fsp3) is 0.167. The number of rotatable bonds is 4. The molecule has 0 saturated carbocycles. The van der Waals surface area contributed by atoms with Crippen LogP contribution in [-0.2, 0) is 16.5 Å². The minimum absolute atomic E-state index is 0.0997. The van der Waals surface area contributed by atoms with E-state index in [-0.39, 0.29) is 4.90 Å². The molecule has 1 aromatic heterocycles. The number of hydrogen-bond acceptors (Lipinski definition) is 5. The third kappa shape index (κ3) is 4.07. The van der Waals surface area contributed by atoms with E-state index in [1.807, 2.05) is 0 Å². The van der Waals surface area contributed by atoms with E-state index in [4.69, 9.17) is 16.8 Å². The van der Waals surface area contributed by atoms with Gasteiger partial charge in [-0.15, -0.1) is 0 Å². The Bertz CT molecular complexity index is 1070. The van der Waals surface area contributed by atoms with Crippen molar-refractivity contribution in [1.82, 2.24) is 0 Å². The minimum Gasteiger partial charge on any atom is -0.282 e. The zero-order valence-electron chi connectivity index (χ0n) is 13.6. The molecular weight excluding hydrogens is 392 g/mol. The van der Waals surface area contributed by atoms with Crippen molar-refractivity contribution in [2.24, 2.45) is 0 Å². The van der Waals surface area contributed by atoms with Crippen LogP contribution in [0.25, 0.3) is 10.4 Å². The summed E-state index contributed by atoms with van der Waals surface area (Å²) in [5.41, 5.74) is 5.70. The maximum absolute atomic E-state index is 11.2. The molecule has 1 N–H and O–H groups in total. The lowest BCUT2D eigenvalue weighted by molar-refractivity contribution is 0.483. The molecule has 0 amide bonds. The summed E-state index contributed by atoms with van der Waals surface area (Å²) in [6, 6.07) is 12.7. The second kappa shape index (κ2) is 7.09. The highest BCUT2D eigenvalue weighted by atomic mass is 32.9. The Morgan fingerprint density at radius 1 is 1.00 bits per heavy atom. The molecule has 0 atom stereocenters. The van der Waals surface area contributed by atoms with Gasteiger partial charge in [0, 0.05) is 12.0 Å².